The normalized spacial score (nSPS) is 11.8. The number of amides is 2. The molecule has 2 N–H and O–H groups in total. The molecule has 0 aliphatic heterocycles. The van der Waals surface area contributed by atoms with Crippen LogP contribution in [0.2, 0.25) is 5.02 Å². The molecule has 1 unspecified atom stereocenters. The van der Waals surface area contributed by atoms with Crippen LogP contribution in [-0.2, 0) is 9.59 Å². The maximum Gasteiger partial charge on any atom is 0.241 e. The highest BCUT2D eigenvalue weighted by molar-refractivity contribution is 6.34. The molecule has 0 heterocycles. The van der Waals surface area contributed by atoms with Crippen molar-refractivity contribution in [1.82, 2.24) is 4.90 Å². The van der Waals surface area contributed by atoms with Crippen LogP contribution in [0.4, 0.5) is 11.4 Å². The number of hydrogen-bond donors (Lipinski definition) is 2. The van der Waals surface area contributed by atoms with Gasteiger partial charge >= 0.3 is 0 Å². The van der Waals surface area contributed by atoms with Crippen LogP contribution in [-0.4, -0.2) is 43.5 Å². The van der Waals surface area contributed by atoms with Gasteiger partial charge in [-0.3, -0.25) is 14.5 Å². The van der Waals surface area contributed by atoms with Crippen molar-refractivity contribution < 1.29 is 14.3 Å². The van der Waals surface area contributed by atoms with Gasteiger partial charge in [0, 0.05) is 11.8 Å². The summed E-state index contributed by atoms with van der Waals surface area (Å²) in [5, 5.41) is 6.16. The Labute approximate surface area is 170 Å². The number of carbonyl (C=O) groups excluding carboxylic acids is 2. The van der Waals surface area contributed by atoms with E-state index in [1.807, 2.05) is 19.9 Å². The lowest BCUT2D eigenvalue weighted by molar-refractivity contribution is -0.122. The Morgan fingerprint density at radius 3 is 2.54 bits per heavy atom. The Morgan fingerprint density at radius 2 is 1.89 bits per heavy atom. The van der Waals surface area contributed by atoms with Gasteiger partial charge in [0.25, 0.3) is 0 Å². The number of methoxy groups -OCH3 is 1. The van der Waals surface area contributed by atoms with E-state index >= 15 is 0 Å². The average molecular weight is 404 g/mol. The number of anilines is 2. The summed E-state index contributed by atoms with van der Waals surface area (Å²) in [6.07, 6.45) is 0. The van der Waals surface area contributed by atoms with Gasteiger partial charge in [-0.2, -0.15) is 0 Å². The number of nitrogens with zero attached hydrogens (tertiary/aromatic N) is 1. The number of halogens is 1. The third-order valence-corrected chi connectivity index (χ3v) is 4.77. The van der Waals surface area contributed by atoms with Crippen LogP contribution in [0.15, 0.2) is 36.4 Å². The number of hydrogen-bond acceptors (Lipinski definition) is 4. The van der Waals surface area contributed by atoms with Crippen molar-refractivity contribution in [1.29, 1.82) is 0 Å². The van der Waals surface area contributed by atoms with Gasteiger partial charge in [-0.1, -0.05) is 23.7 Å². The molecule has 0 aromatic heterocycles. The molecule has 2 aromatic rings. The molecule has 150 valence electrons. The lowest BCUT2D eigenvalue weighted by atomic mass is 10.1. The Morgan fingerprint density at radius 1 is 1.18 bits per heavy atom. The quantitative estimate of drug-likeness (QED) is 0.736. The van der Waals surface area contributed by atoms with Crippen molar-refractivity contribution >= 4 is 34.8 Å². The zero-order chi connectivity index (χ0) is 20.8. The minimum Gasteiger partial charge on any atom is -0.497 e. The standard InChI is InChI=1S/C21H26ClN3O3/c1-13-9-14(2)20(18(22)10-13)24-21(27)15(3)25(4)12-19(26)23-16-7-6-8-17(11-16)28-5/h6-11,15H,12H2,1-5H3,(H,23,26)(H,24,27). The van der Waals surface area contributed by atoms with E-state index in [2.05, 4.69) is 10.6 Å². The number of aryl methyl sites for hydroxylation is 2. The van der Waals surface area contributed by atoms with E-state index in [1.165, 1.54) is 0 Å². The van der Waals surface area contributed by atoms with Gasteiger partial charge in [0.2, 0.25) is 11.8 Å². The number of ether oxygens (including phenoxy) is 1. The summed E-state index contributed by atoms with van der Waals surface area (Å²) in [5.74, 6) is 0.203. The first-order valence-corrected chi connectivity index (χ1v) is 9.30. The van der Waals surface area contributed by atoms with E-state index < -0.39 is 6.04 Å². The fourth-order valence-corrected chi connectivity index (χ4v) is 3.14. The molecule has 0 radical (unpaired) electrons. The van der Waals surface area contributed by atoms with Crippen molar-refractivity contribution in [3.8, 4) is 5.75 Å². The number of carbonyl (C=O) groups is 2. The molecule has 6 nitrogen and oxygen atoms in total. The van der Waals surface area contributed by atoms with Gasteiger partial charge in [0.1, 0.15) is 5.75 Å². The number of rotatable bonds is 7. The SMILES string of the molecule is COc1cccc(NC(=O)CN(C)C(C)C(=O)Nc2c(C)cc(C)cc2Cl)c1. The first-order chi connectivity index (χ1) is 13.2. The zero-order valence-corrected chi connectivity index (χ0v) is 17.6. The van der Waals surface area contributed by atoms with E-state index in [0.717, 1.165) is 11.1 Å². The summed E-state index contributed by atoms with van der Waals surface area (Å²) in [5.41, 5.74) is 3.15. The molecule has 0 saturated heterocycles. The lowest BCUT2D eigenvalue weighted by Crippen LogP contribution is -2.43. The first kappa shape index (κ1) is 21.7. The summed E-state index contributed by atoms with van der Waals surface area (Å²) >= 11 is 6.26. The molecule has 2 aromatic carbocycles. The van der Waals surface area contributed by atoms with E-state index in [1.54, 1.807) is 56.3 Å². The van der Waals surface area contributed by atoms with E-state index in [4.69, 9.17) is 16.3 Å². The molecule has 0 aliphatic carbocycles. The van der Waals surface area contributed by atoms with Crippen LogP contribution in [0, 0.1) is 13.8 Å². The van der Waals surface area contributed by atoms with Crippen molar-refractivity contribution in [2.45, 2.75) is 26.8 Å². The van der Waals surface area contributed by atoms with Gasteiger partial charge < -0.3 is 15.4 Å². The van der Waals surface area contributed by atoms with Crippen LogP contribution in [0.1, 0.15) is 18.1 Å². The highest BCUT2D eigenvalue weighted by Gasteiger charge is 2.21. The predicted molar refractivity (Wildman–Crippen MR) is 113 cm³/mol. The Bertz CT molecular complexity index is 847. The van der Waals surface area contributed by atoms with Crippen LogP contribution < -0.4 is 15.4 Å². The van der Waals surface area contributed by atoms with Gasteiger partial charge in [0.15, 0.2) is 0 Å². The molecular weight excluding hydrogens is 378 g/mol. The van der Waals surface area contributed by atoms with Crippen LogP contribution in [0.25, 0.3) is 0 Å². The van der Waals surface area contributed by atoms with Crippen LogP contribution in [0.5, 0.6) is 5.75 Å². The first-order valence-electron chi connectivity index (χ1n) is 8.93. The highest BCUT2D eigenvalue weighted by Crippen LogP contribution is 2.27. The molecule has 0 spiro atoms. The molecule has 0 saturated carbocycles. The topological polar surface area (TPSA) is 70.7 Å². The summed E-state index contributed by atoms with van der Waals surface area (Å²) in [6.45, 7) is 5.64. The van der Waals surface area contributed by atoms with E-state index in [9.17, 15) is 9.59 Å². The largest absolute Gasteiger partial charge is 0.497 e. The summed E-state index contributed by atoms with van der Waals surface area (Å²) in [7, 11) is 3.29. The van der Waals surface area contributed by atoms with Gasteiger partial charge in [-0.25, -0.2) is 0 Å². The zero-order valence-electron chi connectivity index (χ0n) is 16.8. The number of nitrogens with one attached hydrogen (secondary N) is 2. The van der Waals surface area contributed by atoms with Crippen molar-refractivity contribution in [3.63, 3.8) is 0 Å². The minimum atomic E-state index is -0.521. The molecule has 2 amide bonds. The molecule has 28 heavy (non-hydrogen) atoms. The molecule has 7 heteroatoms. The van der Waals surface area contributed by atoms with Gasteiger partial charge in [-0.15, -0.1) is 0 Å². The second kappa shape index (κ2) is 9.57. The smallest absolute Gasteiger partial charge is 0.241 e. The van der Waals surface area contributed by atoms with E-state index in [0.29, 0.717) is 22.1 Å². The van der Waals surface area contributed by atoms with Crippen molar-refractivity contribution in [2.24, 2.45) is 0 Å². The number of benzene rings is 2. The third kappa shape index (κ3) is 5.71. The Balaban J connectivity index is 1.96. The van der Waals surface area contributed by atoms with Crippen LogP contribution in [0.3, 0.4) is 0 Å². The monoisotopic (exact) mass is 403 g/mol. The fourth-order valence-electron chi connectivity index (χ4n) is 2.77. The van der Waals surface area contributed by atoms with Crippen LogP contribution >= 0.6 is 11.6 Å². The maximum absolute atomic E-state index is 12.6. The molecule has 1 atom stereocenters. The highest BCUT2D eigenvalue weighted by atomic mass is 35.5. The molecule has 0 bridgehead atoms. The molecule has 2 rings (SSSR count). The summed E-state index contributed by atoms with van der Waals surface area (Å²) in [4.78, 5) is 26.6. The second-order valence-corrected chi connectivity index (χ2v) is 7.21. The predicted octanol–water partition coefficient (Wildman–Crippen LogP) is 3.86. The number of likely N-dealkylation sites (N-methyl/N-ethyl adjacent to an activating group) is 1. The summed E-state index contributed by atoms with van der Waals surface area (Å²) in [6, 6.07) is 10.3. The third-order valence-electron chi connectivity index (χ3n) is 4.47. The van der Waals surface area contributed by atoms with Crippen molar-refractivity contribution in [2.75, 3.05) is 31.3 Å². The summed E-state index contributed by atoms with van der Waals surface area (Å²) < 4.78 is 5.14. The Kier molecular flexibility index (Phi) is 7.43. The fraction of sp³-hybridized carbons (Fsp3) is 0.333. The lowest BCUT2D eigenvalue weighted by Gasteiger charge is -2.24. The maximum atomic E-state index is 12.6. The van der Waals surface area contributed by atoms with E-state index in [-0.39, 0.29) is 18.4 Å². The van der Waals surface area contributed by atoms with Gasteiger partial charge in [0.05, 0.1) is 30.4 Å². The molecule has 0 aliphatic rings. The average Bonchev–Trinajstić information content (AvgIpc) is 2.63. The second-order valence-electron chi connectivity index (χ2n) is 6.80. The molecular formula is C21H26ClN3O3. The van der Waals surface area contributed by atoms with Gasteiger partial charge in [-0.05, 0) is 57.1 Å². The Hall–Kier alpha value is -2.57. The minimum absolute atomic E-state index is 0.0619. The molecule has 0 fully saturated rings. The van der Waals surface area contributed by atoms with Crippen molar-refractivity contribution in [3.05, 3.63) is 52.5 Å².